The second kappa shape index (κ2) is 13.4. The number of hydrogen-bond acceptors (Lipinski definition) is 18. The van der Waals surface area contributed by atoms with Gasteiger partial charge in [-0.2, -0.15) is 9.97 Å². The number of nitrogens with zero attached hydrogens (tertiary/aromatic N) is 5. The molecule has 3 aromatic rings. The number of hydrogen-bond donors (Lipinski definition) is 6. The quantitative estimate of drug-likeness (QED) is 0.101. The molecule has 2 saturated heterocycles. The van der Waals surface area contributed by atoms with E-state index in [1.54, 1.807) is 0 Å². The van der Waals surface area contributed by atoms with Crippen LogP contribution in [0, 0.1) is 0 Å². The molecule has 9 atom stereocenters. The van der Waals surface area contributed by atoms with Gasteiger partial charge in [0.15, 0.2) is 23.6 Å². The Morgan fingerprint density at radius 2 is 1.70 bits per heavy atom. The first kappa shape index (κ1) is 34.6. The van der Waals surface area contributed by atoms with E-state index >= 15 is 0 Å². The molecule has 254 valence electrons. The van der Waals surface area contributed by atoms with Crippen molar-refractivity contribution in [3.8, 4) is 0 Å². The summed E-state index contributed by atoms with van der Waals surface area (Å²) in [6.07, 6.45) is -7.75. The number of ether oxygens (including phenoxy) is 4. The molecule has 0 spiro atoms. The minimum absolute atomic E-state index is 0.0334. The van der Waals surface area contributed by atoms with E-state index in [0.29, 0.717) is 0 Å². The predicted octanol–water partition coefficient (Wildman–Crippen LogP) is -3.18. The van der Waals surface area contributed by atoms with Gasteiger partial charge in [-0.15, -0.1) is 0 Å². The van der Waals surface area contributed by atoms with Gasteiger partial charge in [-0.25, -0.2) is 14.3 Å². The van der Waals surface area contributed by atoms with Crippen LogP contribution in [0.3, 0.4) is 0 Å². The Morgan fingerprint density at radius 3 is 2.35 bits per heavy atom. The van der Waals surface area contributed by atoms with Crippen molar-refractivity contribution in [2.24, 2.45) is 0 Å². The summed E-state index contributed by atoms with van der Waals surface area (Å²) in [5, 5.41) is 10.8. The highest BCUT2D eigenvalue weighted by Gasteiger charge is 2.50. The number of aromatic amines is 1. The Kier molecular flexibility index (Phi) is 10.1. The maximum absolute atomic E-state index is 13.5. The summed E-state index contributed by atoms with van der Waals surface area (Å²) < 4.78 is 51.9. The Morgan fingerprint density at radius 1 is 1.04 bits per heavy atom. The van der Waals surface area contributed by atoms with E-state index in [-0.39, 0.29) is 22.9 Å². The van der Waals surface area contributed by atoms with Gasteiger partial charge in [0, 0.05) is 20.4 Å². The first-order chi connectivity index (χ1) is 21.6. The Labute approximate surface area is 262 Å². The number of phosphoric acid groups is 1. The van der Waals surface area contributed by atoms with Gasteiger partial charge in [-0.3, -0.25) is 23.4 Å². The minimum Gasteiger partial charge on any atom is -0.780 e. The molecular weight excluding hydrogens is 682 g/mol. The van der Waals surface area contributed by atoms with Crippen LogP contribution in [0.1, 0.15) is 12.5 Å². The highest BCUT2D eigenvalue weighted by Crippen LogP contribution is 2.48. The third kappa shape index (κ3) is 7.22. The molecule has 3 aromatic heterocycles. The van der Waals surface area contributed by atoms with Gasteiger partial charge >= 0.3 is 13.5 Å². The van der Waals surface area contributed by atoms with Crippen molar-refractivity contribution < 1.29 is 56.9 Å². The van der Waals surface area contributed by atoms with Crippen molar-refractivity contribution in [1.29, 1.82) is 0 Å². The number of methoxy groups -OCH3 is 2. The van der Waals surface area contributed by atoms with Gasteiger partial charge < -0.3 is 59.2 Å². The monoisotopic (exact) mass is 711 g/mol. The lowest BCUT2D eigenvalue weighted by Crippen LogP contribution is -2.39. The standard InChI is InChI=1S/C21H30N8O14P2S/c1-37-13-8(41-18(12(13)30)28-4-3-10(22)25-21(28)32)6-40-45(36,46)43-14-9(5-39-44(33,34)35)42-19(15(14)38-2)29-7-24-11-16(29)26-20(23)27-17(11)31/h3-4,7-9,12-15,18-19,30H,5-6H2,1-2H3,(H,36,46)(H2,22,25,32)(H2,33,34,35)(H3,23,26,27,31)/p-1/t8-,9-,12+,13?,14?,15-,18-,19-,45?/m1/s1. The number of aromatic nitrogens is 6. The molecule has 0 aromatic carbocycles. The van der Waals surface area contributed by atoms with Gasteiger partial charge in [-0.1, -0.05) is 11.8 Å². The SMILES string of the molecule is COC1[C@@H](COP([O-])(=S)OC2[C@@H](OC)[C@H](n3cnc4c(=O)[nH]c(N)nc43)O[C@@H]2COP(=O)(O)O)O[C@@H](n2ccc(N)nc2=O)[C@H]1O. The summed E-state index contributed by atoms with van der Waals surface area (Å²) in [4.78, 5) is 70.6. The van der Waals surface area contributed by atoms with E-state index in [4.69, 9.17) is 51.3 Å². The van der Waals surface area contributed by atoms with Crippen molar-refractivity contribution in [3.63, 3.8) is 0 Å². The van der Waals surface area contributed by atoms with E-state index in [1.165, 1.54) is 37.4 Å². The van der Waals surface area contributed by atoms with E-state index in [2.05, 4.69) is 24.5 Å². The smallest absolute Gasteiger partial charge is 0.469 e. The van der Waals surface area contributed by atoms with Crippen molar-refractivity contribution in [2.75, 3.05) is 38.9 Å². The molecule has 0 amide bonds. The number of imidazole rings is 1. The van der Waals surface area contributed by atoms with Crippen LogP contribution in [0.25, 0.3) is 11.2 Å². The second-order valence-electron chi connectivity index (χ2n) is 9.94. The summed E-state index contributed by atoms with van der Waals surface area (Å²) in [6, 6.07) is 1.32. The lowest BCUT2D eigenvalue weighted by atomic mass is 10.1. The molecule has 22 nitrogen and oxygen atoms in total. The van der Waals surface area contributed by atoms with Crippen LogP contribution in [0.4, 0.5) is 11.8 Å². The zero-order chi connectivity index (χ0) is 33.6. The third-order valence-electron chi connectivity index (χ3n) is 7.04. The molecule has 2 aliphatic heterocycles. The van der Waals surface area contributed by atoms with E-state index < -0.39 is 88.1 Å². The average molecular weight is 712 g/mol. The maximum Gasteiger partial charge on any atom is 0.469 e. The van der Waals surface area contributed by atoms with Crippen LogP contribution in [-0.2, 0) is 48.9 Å². The molecule has 25 heteroatoms. The molecule has 0 saturated carbocycles. The average Bonchev–Trinajstić information content (AvgIpc) is 3.63. The third-order valence-corrected chi connectivity index (χ3v) is 9.07. The minimum atomic E-state index is -5.02. The number of H-pyrrole nitrogens is 1. The lowest BCUT2D eigenvalue weighted by molar-refractivity contribution is -0.218. The molecule has 0 bridgehead atoms. The Hall–Kier alpha value is -2.73. The number of fused-ring (bicyclic) bond motifs is 1. The van der Waals surface area contributed by atoms with Gasteiger partial charge in [0.25, 0.3) is 5.56 Å². The number of aliphatic hydroxyl groups excluding tert-OH is 1. The molecule has 0 radical (unpaired) electrons. The van der Waals surface area contributed by atoms with Crippen LogP contribution >= 0.6 is 14.5 Å². The lowest BCUT2D eigenvalue weighted by Gasteiger charge is -2.34. The van der Waals surface area contributed by atoms with Crippen molar-refractivity contribution in [3.05, 3.63) is 39.4 Å². The van der Waals surface area contributed by atoms with Crippen LogP contribution in [-0.4, -0.2) is 108 Å². The zero-order valence-electron chi connectivity index (χ0n) is 23.8. The highest BCUT2D eigenvalue weighted by atomic mass is 32.5. The summed E-state index contributed by atoms with van der Waals surface area (Å²) >= 11 is 5.11. The van der Waals surface area contributed by atoms with Crippen LogP contribution in [0.2, 0.25) is 0 Å². The van der Waals surface area contributed by atoms with E-state index in [1.807, 2.05) is 0 Å². The van der Waals surface area contributed by atoms with Gasteiger partial charge in [-0.05, 0) is 6.07 Å². The van der Waals surface area contributed by atoms with Crippen molar-refractivity contribution in [1.82, 2.24) is 29.1 Å². The summed E-state index contributed by atoms with van der Waals surface area (Å²) in [5.74, 6) is -0.286. The number of nitrogens with one attached hydrogen (secondary N) is 1. The van der Waals surface area contributed by atoms with E-state index in [0.717, 1.165) is 4.57 Å². The number of rotatable bonds is 12. The molecule has 2 fully saturated rings. The van der Waals surface area contributed by atoms with Crippen molar-refractivity contribution >= 4 is 49.3 Å². The molecule has 8 N–H and O–H groups in total. The Bertz CT molecular complexity index is 1780. The number of nitrogens with two attached hydrogens (primary N) is 2. The molecule has 5 heterocycles. The molecular formula is C21H29N8O14P2S-. The first-order valence-corrected chi connectivity index (χ1v) is 17.2. The summed E-state index contributed by atoms with van der Waals surface area (Å²) in [5.41, 5.74) is 9.60. The normalized spacial score (nSPS) is 29.8. The largest absolute Gasteiger partial charge is 0.780 e. The first-order valence-electron chi connectivity index (χ1n) is 13.1. The fourth-order valence-corrected chi connectivity index (χ4v) is 6.85. The molecule has 0 aliphatic carbocycles. The predicted molar refractivity (Wildman–Crippen MR) is 154 cm³/mol. The Balaban J connectivity index is 1.36. The number of anilines is 2. The topological polar surface area (TPSA) is 316 Å². The number of aliphatic hydroxyl groups is 1. The molecule has 5 rings (SSSR count). The fraction of sp³-hybridized carbons (Fsp3) is 0.571. The van der Waals surface area contributed by atoms with Gasteiger partial charge in [0.05, 0.1) is 19.5 Å². The van der Waals surface area contributed by atoms with Crippen LogP contribution in [0.15, 0.2) is 28.2 Å². The molecule has 2 aliphatic rings. The fourth-order valence-electron chi connectivity index (χ4n) is 5.08. The van der Waals surface area contributed by atoms with E-state index in [9.17, 15) is 33.9 Å². The second-order valence-corrected chi connectivity index (χ2v) is 13.9. The zero-order valence-corrected chi connectivity index (χ0v) is 26.4. The maximum atomic E-state index is 13.5. The molecule has 46 heavy (non-hydrogen) atoms. The van der Waals surface area contributed by atoms with Crippen LogP contribution in [0.5, 0.6) is 0 Å². The van der Waals surface area contributed by atoms with Gasteiger partial charge in [0.2, 0.25) is 5.95 Å². The summed E-state index contributed by atoms with van der Waals surface area (Å²) in [7, 11) is -2.52. The molecule has 3 unspecified atom stereocenters. The number of phosphoric ester groups is 1. The summed E-state index contributed by atoms with van der Waals surface area (Å²) in [6.45, 7) is -5.90. The van der Waals surface area contributed by atoms with Gasteiger partial charge in [0.1, 0.15) is 49.2 Å². The van der Waals surface area contributed by atoms with Crippen LogP contribution < -0.4 is 27.6 Å². The number of nitrogen functional groups attached to an aromatic ring is 2. The highest BCUT2D eigenvalue weighted by molar-refractivity contribution is 8.06. The van der Waals surface area contributed by atoms with Crippen molar-refractivity contribution in [2.45, 2.75) is 49.1 Å².